The first kappa shape index (κ1) is 21.2. The van der Waals surface area contributed by atoms with Crippen molar-refractivity contribution in [2.75, 3.05) is 5.32 Å². The molecular formula is C27H22N6OS. The van der Waals surface area contributed by atoms with Crippen LogP contribution in [0.5, 0.6) is 0 Å². The number of fused-ring (bicyclic) bond motifs is 2. The molecule has 1 amide bonds. The average molecular weight is 479 g/mol. The molecule has 0 saturated heterocycles. The number of nitrogens with one attached hydrogen (secondary N) is 3. The van der Waals surface area contributed by atoms with Gasteiger partial charge in [0.1, 0.15) is 11.3 Å². The molecule has 0 spiro atoms. The number of hydrogen-bond donors (Lipinski definition) is 3. The lowest BCUT2D eigenvalue weighted by Crippen LogP contribution is -2.10. The van der Waals surface area contributed by atoms with E-state index in [0.29, 0.717) is 12.1 Å². The van der Waals surface area contributed by atoms with E-state index in [9.17, 15) is 4.79 Å². The van der Waals surface area contributed by atoms with Gasteiger partial charge in [-0.05, 0) is 70.3 Å². The third-order valence-corrected chi connectivity index (χ3v) is 6.70. The van der Waals surface area contributed by atoms with Crippen molar-refractivity contribution in [2.45, 2.75) is 19.8 Å². The highest BCUT2D eigenvalue weighted by Gasteiger charge is 2.15. The highest BCUT2D eigenvalue weighted by atomic mass is 32.1. The standard InChI is InChI=1S/C27H22N6OS/c1-2-3-25(34)30-19-10-18(13-28-14-19)16-4-5-23-22(11-16)26(33-32-23)24-12-21-20(17-7-9-35-15-17)6-8-29-27(21)31-24/h4-15H,2-3H2,1H3,(H,29,31)(H,30,34)(H,32,33). The van der Waals surface area contributed by atoms with Crippen LogP contribution in [0.1, 0.15) is 19.8 Å². The third-order valence-electron chi connectivity index (χ3n) is 6.01. The van der Waals surface area contributed by atoms with Crippen LogP contribution in [0.2, 0.25) is 0 Å². The Labute approximate surface area is 205 Å². The van der Waals surface area contributed by atoms with Gasteiger partial charge in [0.05, 0.1) is 23.1 Å². The summed E-state index contributed by atoms with van der Waals surface area (Å²) in [6, 6.07) is 14.4. The minimum atomic E-state index is -0.00624. The second-order valence-corrected chi connectivity index (χ2v) is 9.19. The monoisotopic (exact) mass is 478 g/mol. The van der Waals surface area contributed by atoms with Crippen molar-refractivity contribution in [1.82, 2.24) is 25.1 Å². The maximum absolute atomic E-state index is 12.0. The van der Waals surface area contributed by atoms with E-state index in [1.54, 1.807) is 23.7 Å². The molecule has 172 valence electrons. The van der Waals surface area contributed by atoms with E-state index >= 15 is 0 Å². The predicted octanol–water partition coefficient (Wildman–Crippen LogP) is 6.64. The number of amides is 1. The number of pyridine rings is 2. The average Bonchev–Trinajstić information content (AvgIpc) is 3.63. The van der Waals surface area contributed by atoms with Gasteiger partial charge in [0, 0.05) is 35.2 Å². The van der Waals surface area contributed by atoms with E-state index in [1.807, 2.05) is 37.4 Å². The van der Waals surface area contributed by atoms with Crippen LogP contribution in [0.4, 0.5) is 5.69 Å². The van der Waals surface area contributed by atoms with Gasteiger partial charge in [-0.25, -0.2) is 4.98 Å². The molecule has 6 rings (SSSR count). The Morgan fingerprint density at radius 3 is 2.83 bits per heavy atom. The summed E-state index contributed by atoms with van der Waals surface area (Å²) in [6.07, 6.45) is 6.59. The number of rotatable bonds is 6. The smallest absolute Gasteiger partial charge is 0.224 e. The van der Waals surface area contributed by atoms with Crippen molar-refractivity contribution < 1.29 is 4.79 Å². The van der Waals surface area contributed by atoms with Crippen LogP contribution in [0.15, 0.2) is 71.8 Å². The molecule has 35 heavy (non-hydrogen) atoms. The Hall–Kier alpha value is -4.30. The maximum Gasteiger partial charge on any atom is 0.224 e. The lowest BCUT2D eigenvalue weighted by molar-refractivity contribution is -0.116. The molecule has 1 aromatic carbocycles. The highest BCUT2D eigenvalue weighted by molar-refractivity contribution is 7.08. The quantitative estimate of drug-likeness (QED) is 0.250. The summed E-state index contributed by atoms with van der Waals surface area (Å²) in [5, 5.41) is 17.0. The molecule has 7 nitrogen and oxygen atoms in total. The van der Waals surface area contributed by atoms with Gasteiger partial charge >= 0.3 is 0 Å². The zero-order chi connectivity index (χ0) is 23.8. The van der Waals surface area contributed by atoms with E-state index in [0.717, 1.165) is 56.4 Å². The lowest BCUT2D eigenvalue weighted by Gasteiger charge is -2.07. The molecule has 5 aromatic heterocycles. The van der Waals surface area contributed by atoms with E-state index in [2.05, 4.69) is 59.4 Å². The van der Waals surface area contributed by atoms with Gasteiger partial charge in [-0.2, -0.15) is 16.4 Å². The fourth-order valence-electron chi connectivity index (χ4n) is 4.34. The second kappa shape index (κ2) is 8.81. The summed E-state index contributed by atoms with van der Waals surface area (Å²) >= 11 is 1.68. The Bertz CT molecular complexity index is 1660. The van der Waals surface area contributed by atoms with Gasteiger partial charge in [0.15, 0.2) is 0 Å². The molecule has 5 heterocycles. The van der Waals surface area contributed by atoms with Gasteiger partial charge in [0.25, 0.3) is 0 Å². The fourth-order valence-corrected chi connectivity index (χ4v) is 5.00. The van der Waals surface area contributed by atoms with Crippen LogP contribution in [-0.4, -0.2) is 31.1 Å². The van der Waals surface area contributed by atoms with Crippen LogP contribution < -0.4 is 5.32 Å². The SMILES string of the molecule is CCCC(=O)Nc1cncc(-c2ccc3[nH]nc(-c4cc5c(-c6ccsc6)ccnc5[nH]4)c3c2)c1. The number of nitrogens with zero attached hydrogens (tertiary/aromatic N) is 3. The van der Waals surface area contributed by atoms with Crippen LogP contribution in [-0.2, 0) is 4.79 Å². The number of thiophene rings is 1. The first-order chi connectivity index (χ1) is 17.2. The minimum Gasteiger partial charge on any atom is -0.338 e. The molecule has 0 saturated carbocycles. The molecule has 0 aliphatic heterocycles. The van der Waals surface area contributed by atoms with Crippen molar-refractivity contribution in [3.8, 4) is 33.6 Å². The van der Waals surface area contributed by atoms with Gasteiger partial charge in [-0.3, -0.25) is 14.9 Å². The first-order valence-corrected chi connectivity index (χ1v) is 12.4. The van der Waals surface area contributed by atoms with Gasteiger partial charge in [0.2, 0.25) is 5.91 Å². The predicted molar refractivity (Wildman–Crippen MR) is 141 cm³/mol. The number of anilines is 1. The Morgan fingerprint density at radius 2 is 1.97 bits per heavy atom. The summed E-state index contributed by atoms with van der Waals surface area (Å²) in [5.74, 6) is -0.00624. The van der Waals surface area contributed by atoms with Gasteiger partial charge in [-0.15, -0.1) is 0 Å². The van der Waals surface area contributed by atoms with Crippen molar-refractivity contribution in [2.24, 2.45) is 0 Å². The normalized spacial score (nSPS) is 11.3. The fraction of sp³-hybridized carbons (Fsp3) is 0.111. The van der Waals surface area contributed by atoms with Gasteiger partial charge < -0.3 is 10.3 Å². The Balaban J connectivity index is 1.40. The summed E-state index contributed by atoms with van der Waals surface area (Å²) in [7, 11) is 0. The summed E-state index contributed by atoms with van der Waals surface area (Å²) in [6.45, 7) is 1.98. The van der Waals surface area contributed by atoms with E-state index in [4.69, 9.17) is 0 Å². The van der Waals surface area contributed by atoms with Crippen molar-refractivity contribution in [1.29, 1.82) is 0 Å². The second-order valence-electron chi connectivity index (χ2n) is 8.41. The molecule has 3 N–H and O–H groups in total. The zero-order valence-electron chi connectivity index (χ0n) is 19.0. The number of carbonyl (C=O) groups excluding carboxylic acids is 1. The lowest BCUT2D eigenvalue weighted by atomic mass is 10.0. The number of H-pyrrole nitrogens is 2. The Kier molecular flexibility index (Phi) is 5.35. The largest absolute Gasteiger partial charge is 0.338 e. The zero-order valence-corrected chi connectivity index (χ0v) is 19.8. The number of carbonyl (C=O) groups is 1. The topological polar surface area (TPSA) is 99.3 Å². The molecule has 0 atom stereocenters. The summed E-state index contributed by atoms with van der Waals surface area (Å²) in [5.41, 5.74) is 8.43. The van der Waals surface area contributed by atoms with Crippen LogP contribution in [0.3, 0.4) is 0 Å². The Morgan fingerprint density at radius 1 is 1.03 bits per heavy atom. The molecule has 0 aliphatic carbocycles. The molecule has 0 aliphatic rings. The molecule has 0 unspecified atom stereocenters. The van der Waals surface area contributed by atoms with E-state index < -0.39 is 0 Å². The number of benzene rings is 1. The summed E-state index contributed by atoms with van der Waals surface area (Å²) in [4.78, 5) is 24.3. The van der Waals surface area contributed by atoms with Crippen LogP contribution in [0.25, 0.3) is 55.6 Å². The molecule has 6 aromatic rings. The molecular weight excluding hydrogens is 456 g/mol. The maximum atomic E-state index is 12.0. The molecule has 8 heteroatoms. The molecule has 0 fully saturated rings. The third kappa shape index (κ3) is 3.98. The van der Waals surface area contributed by atoms with Crippen LogP contribution >= 0.6 is 11.3 Å². The van der Waals surface area contributed by atoms with Gasteiger partial charge in [-0.1, -0.05) is 13.0 Å². The van der Waals surface area contributed by atoms with Crippen molar-refractivity contribution in [3.63, 3.8) is 0 Å². The molecule has 0 bridgehead atoms. The highest BCUT2D eigenvalue weighted by Crippen LogP contribution is 2.35. The number of aromatic amines is 2. The summed E-state index contributed by atoms with van der Waals surface area (Å²) < 4.78 is 0. The number of aromatic nitrogens is 5. The van der Waals surface area contributed by atoms with E-state index in [1.165, 1.54) is 5.56 Å². The minimum absolute atomic E-state index is 0.00624. The molecule has 0 radical (unpaired) electrons. The van der Waals surface area contributed by atoms with Crippen LogP contribution in [0, 0.1) is 0 Å². The number of hydrogen-bond acceptors (Lipinski definition) is 5. The first-order valence-electron chi connectivity index (χ1n) is 11.4. The van der Waals surface area contributed by atoms with E-state index in [-0.39, 0.29) is 5.91 Å². The van der Waals surface area contributed by atoms with Crippen molar-refractivity contribution >= 4 is 44.9 Å². The van der Waals surface area contributed by atoms with Crippen molar-refractivity contribution in [3.05, 3.63) is 71.8 Å².